The van der Waals surface area contributed by atoms with Gasteiger partial charge in [-0.2, -0.15) is 0 Å². The molecule has 0 radical (unpaired) electrons. The highest BCUT2D eigenvalue weighted by Gasteiger charge is 2.23. The molecule has 1 aromatic carbocycles. The number of aliphatic carboxylic acids is 1. The van der Waals surface area contributed by atoms with Crippen molar-refractivity contribution >= 4 is 11.9 Å². The number of nitrogens with one attached hydrogen (secondary N) is 1. The van der Waals surface area contributed by atoms with Crippen LogP contribution in [0.3, 0.4) is 0 Å². The summed E-state index contributed by atoms with van der Waals surface area (Å²) < 4.78 is 0. The minimum absolute atomic E-state index is 0.329. The number of carboxylic acids is 1. The van der Waals surface area contributed by atoms with E-state index in [0.717, 1.165) is 5.56 Å². The van der Waals surface area contributed by atoms with Gasteiger partial charge < -0.3 is 16.2 Å². The maximum absolute atomic E-state index is 11.9. The molecule has 3 atom stereocenters. The Morgan fingerprint density at radius 2 is 1.84 bits per heavy atom. The van der Waals surface area contributed by atoms with Gasteiger partial charge in [0.15, 0.2) is 0 Å². The molecule has 1 amide bonds. The van der Waals surface area contributed by atoms with Crippen molar-refractivity contribution in [3.63, 3.8) is 0 Å². The number of amides is 1. The summed E-state index contributed by atoms with van der Waals surface area (Å²) in [7, 11) is 0. The van der Waals surface area contributed by atoms with Gasteiger partial charge in [0.2, 0.25) is 5.91 Å². The van der Waals surface area contributed by atoms with Crippen molar-refractivity contribution in [1.82, 2.24) is 5.32 Å². The molecule has 4 N–H and O–H groups in total. The first-order valence-electron chi connectivity index (χ1n) is 6.24. The van der Waals surface area contributed by atoms with E-state index in [1.807, 2.05) is 30.3 Å². The number of carbonyl (C=O) groups is 2. The van der Waals surface area contributed by atoms with Crippen LogP contribution >= 0.6 is 0 Å². The second kappa shape index (κ2) is 6.89. The standard InChI is InChI=1S/C14H20N2O3/c1-9(14(18)19)10(2)16-13(17)12(15)8-11-6-4-3-5-7-11/h3-7,9-10,12H,8,15H2,1-2H3,(H,16,17)(H,18,19)/t9?,10?,12-/m1/s1. The van der Waals surface area contributed by atoms with Crippen molar-refractivity contribution in [1.29, 1.82) is 0 Å². The highest BCUT2D eigenvalue weighted by molar-refractivity contribution is 5.82. The third-order valence-electron chi connectivity index (χ3n) is 3.14. The van der Waals surface area contributed by atoms with E-state index < -0.39 is 24.0 Å². The van der Waals surface area contributed by atoms with Gasteiger partial charge in [-0.15, -0.1) is 0 Å². The quantitative estimate of drug-likeness (QED) is 0.708. The van der Waals surface area contributed by atoms with Crippen LogP contribution in [0.1, 0.15) is 19.4 Å². The fraction of sp³-hybridized carbons (Fsp3) is 0.429. The van der Waals surface area contributed by atoms with Crippen molar-refractivity contribution < 1.29 is 14.7 Å². The summed E-state index contributed by atoms with van der Waals surface area (Å²) in [4.78, 5) is 22.7. The van der Waals surface area contributed by atoms with E-state index in [4.69, 9.17) is 10.8 Å². The van der Waals surface area contributed by atoms with Gasteiger partial charge in [-0.05, 0) is 25.8 Å². The first kappa shape index (κ1) is 15.2. The van der Waals surface area contributed by atoms with Gasteiger partial charge in [0.1, 0.15) is 0 Å². The van der Waals surface area contributed by atoms with E-state index >= 15 is 0 Å². The molecular weight excluding hydrogens is 244 g/mol. The van der Waals surface area contributed by atoms with Crippen LogP contribution in [0.4, 0.5) is 0 Å². The molecule has 0 aliphatic heterocycles. The first-order valence-corrected chi connectivity index (χ1v) is 6.24. The molecule has 19 heavy (non-hydrogen) atoms. The molecule has 0 heterocycles. The Hall–Kier alpha value is -1.88. The summed E-state index contributed by atoms with van der Waals surface area (Å²) in [5, 5.41) is 11.5. The Morgan fingerprint density at radius 3 is 2.37 bits per heavy atom. The molecule has 1 rings (SSSR count). The summed E-state index contributed by atoms with van der Waals surface area (Å²) in [5.41, 5.74) is 6.79. The lowest BCUT2D eigenvalue weighted by atomic mass is 10.0. The number of nitrogens with two attached hydrogens (primary N) is 1. The second-order valence-electron chi connectivity index (χ2n) is 4.72. The Kier molecular flexibility index (Phi) is 5.51. The maximum Gasteiger partial charge on any atom is 0.308 e. The van der Waals surface area contributed by atoms with Crippen molar-refractivity contribution in [2.45, 2.75) is 32.4 Å². The maximum atomic E-state index is 11.9. The molecule has 2 unspecified atom stereocenters. The van der Waals surface area contributed by atoms with E-state index in [9.17, 15) is 9.59 Å². The van der Waals surface area contributed by atoms with Crippen LogP contribution in [0.5, 0.6) is 0 Å². The van der Waals surface area contributed by atoms with Gasteiger partial charge in [-0.25, -0.2) is 0 Å². The van der Waals surface area contributed by atoms with E-state index in [2.05, 4.69) is 5.32 Å². The average Bonchev–Trinajstić information content (AvgIpc) is 2.38. The molecule has 5 heteroatoms. The Bertz CT molecular complexity index is 434. The fourth-order valence-electron chi connectivity index (χ4n) is 1.63. The lowest BCUT2D eigenvalue weighted by Crippen LogP contribution is -2.48. The van der Waals surface area contributed by atoms with Gasteiger partial charge in [0, 0.05) is 6.04 Å². The Labute approximate surface area is 112 Å². The molecular formula is C14H20N2O3. The van der Waals surface area contributed by atoms with Gasteiger partial charge in [-0.1, -0.05) is 30.3 Å². The van der Waals surface area contributed by atoms with E-state index in [1.54, 1.807) is 13.8 Å². The summed E-state index contributed by atoms with van der Waals surface area (Å²) in [6, 6.07) is 8.33. The van der Waals surface area contributed by atoms with Gasteiger partial charge in [0.05, 0.1) is 12.0 Å². The van der Waals surface area contributed by atoms with Crippen LogP contribution in [0.2, 0.25) is 0 Å². The van der Waals surface area contributed by atoms with Crippen LogP contribution in [0.25, 0.3) is 0 Å². The highest BCUT2D eigenvalue weighted by atomic mass is 16.4. The summed E-state index contributed by atoms with van der Waals surface area (Å²) in [6.45, 7) is 3.21. The molecule has 0 aliphatic rings. The summed E-state index contributed by atoms with van der Waals surface area (Å²) >= 11 is 0. The Morgan fingerprint density at radius 1 is 1.26 bits per heavy atom. The smallest absolute Gasteiger partial charge is 0.308 e. The molecule has 0 spiro atoms. The summed E-state index contributed by atoms with van der Waals surface area (Å²) in [5.74, 6) is -1.92. The number of hydrogen-bond donors (Lipinski definition) is 3. The molecule has 5 nitrogen and oxygen atoms in total. The zero-order valence-corrected chi connectivity index (χ0v) is 11.2. The SMILES string of the molecule is CC(NC(=O)[C@H](N)Cc1ccccc1)C(C)C(=O)O. The monoisotopic (exact) mass is 264 g/mol. The highest BCUT2D eigenvalue weighted by Crippen LogP contribution is 2.05. The number of hydrogen-bond acceptors (Lipinski definition) is 3. The number of carboxylic acid groups (broad SMARTS) is 1. The minimum atomic E-state index is -0.940. The van der Waals surface area contributed by atoms with E-state index in [1.165, 1.54) is 0 Å². The second-order valence-corrected chi connectivity index (χ2v) is 4.72. The minimum Gasteiger partial charge on any atom is -0.481 e. The third-order valence-corrected chi connectivity index (χ3v) is 3.14. The number of carbonyl (C=O) groups excluding carboxylic acids is 1. The summed E-state index contributed by atoms with van der Waals surface area (Å²) in [6.07, 6.45) is 0.431. The molecule has 104 valence electrons. The predicted octanol–water partition coefficient (Wildman–Crippen LogP) is 0.782. The van der Waals surface area contributed by atoms with Gasteiger partial charge >= 0.3 is 5.97 Å². The molecule has 1 aromatic rings. The lowest BCUT2D eigenvalue weighted by molar-refractivity contribution is -0.142. The molecule has 0 aromatic heterocycles. The lowest BCUT2D eigenvalue weighted by Gasteiger charge is -2.20. The van der Waals surface area contributed by atoms with Crippen molar-refractivity contribution in [2.75, 3.05) is 0 Å². The van der Waals surface area contributed by atoms with Crippen molar-refractivity contribution in [3.8, 4) is 0 Å². The predicted molar refractivity (Wildman–Crippen MR) is 72.5 cm³/mol. The third kappa shape index (κ3) is 4.71. The molecule has 0 aliphatic carbocycles. The number of rotatable bonds is 6. The Balaban J connectivity index is 2.51. The normalized spacial score (nSPS) is 15.3. The van der Waals surface area contributed by atoms with Crippen LogP contribution in [-0.2, 0) is 16.0 Å². The fourth-order valence-corrected chi connectivity index (χ4v) is 1.63. The largest absolute Gasteiger partial charge is 0.481 e. The van der Waals surface area contributed by atoms with Crippen LogP contribution in [0.15, 0.2) is 30.3 Å². The van der Waals surface area contributed by atoms with Crippen molar-refractivity contribution in [2.24, 2.45) is 11.7 Å². The zero-order valence-electron chi connectivity index (χ0n) is 11.2. The van der Waals surface area contributed by atoms with Crippen LogP contribution < -0.4 is 11.1 Å². The average molecular weight is 264 g/mol. The van der Waals surface area contributed by atoms with E-state index in [-0.39, 0.29) is 5.91 Å². The molecule has 0 fully saturated rings. The molecule has 0 bridgehead atoms. The van der Waals surface area contributed by atoms with Crippen LogP contribution in [0, 0.1) is 5.92 Å². The van der Waals surface area contributed by atoms with E-state index in [0.29, 0.717) is 6.42 Å². The zero-order chi connectivity index (χ0) is 14.4. The first-order chi connectivity index (χ1) is 8.91. The van der Waals surface area contributed by atoms with Crippen LogP contribution in [-0.4, -0.2) is 29.1 Å². The van der Waals surface area contributed by atoms with Gasteiger partial charge in [0.25, 0.3) is 0 Å². The topological polar surface area (TPSA) is 92.4 Å². The molecule has 0 saturated heterocycles. The van der Waals surface area contributed by atoms with Gasteiger partial charge in [-0.3, -0.25) is 9.59 Å². The number of benzene rings is 1. The molecule has 0 saturated carbocycles. The van der Waals surface area contributed by atoms with Crippen molar-refractivity contribution in [3.05, 3.63) is 35.9 Å².